The lowest BCUT2D eigenvalue weighted by Crippen LogP contribution is -2.45. The Hall–Kier alpha value is -0.610. The first kappa shape index (κ1) is 15.8. The van der Waals surface area contributed by atoms with Crippen LogP contribution in [0.3, 0.4) is 0 Å². The third-order valence-electron chi connectivity index (χ3n) is 4.94. The molecule has 0 bridgehead atoms. The van der Waals surface area contributed by atoms with Gasteiger partial charge in [-0.15, -0.1) is 0 Å². The maximum absolute atomic E-state index is 12.2. The van der Waals surface area contributed by atoms with Crippen LogP contribution in [0.4, 0.5) is 0 Å². The summed E-state index contributed by atoms with van der Waals surface area (Å²) in [7, 11) is 2.10. The summed E-state index contributed by atoms with van der Waals surface area (Å²) >= 11 is 0. The monoisotopic (exact) mass is 281 g/mol. The van der Waals surface area contributed by atoms with Crippen LogP contribution >= 0.6 is 0 Å². The van der Waals surface area contributed by atoms with Crippen molar-refractivity contribution in [2.45, 2.75) is 64.0 Å². The molecule has 0 aromatic rings. The van der Waals surface area contributed by atoms with E-state index in [-0.39, 0.29) is 5.91 Å². The standard InChI is InChI=1S/C16H31N3O/c1-13-5-7-14(8-6-13)18-16(20)12-19(2)15-4-3-10-17-11-9-15/h13-15,17H,3-12H2,1-2H3,(H,18,20). The van der Waals surface area contributed by atoms with Crippen molar-refractivity contribution in [3.8, 4) is 0 Å². The molecular weight excluding hydrogens is 250 g/mol. The second-order valence-corrected chi connectivity index (χ2v) is 6.77. The van der Waals surface area contributed by atoms with Crippen LogP contribution in [-0.4, -0.2) is 49.6 Å². The third-order valence-corrected chi connectivity index (χ3v) is 4.94. The van der Waals surface area contributed by atoms with E-state index in [0.717, 1.165) is 38.3 Å². The van der Waals surface area contributed by atoms with Crippen LogP contribution in [0.25, 0.3) is 0 Å². The molecule has 0 aromatic heterocycles. The van der Waals surface area contributed by atoms with Crippen molar-refractivity contribution >= 4 is 5.91 Å². The summed E-state index contributed by atoms with van der Waals surface area (Å²) in [4.78, 5) is 14.4. The van der Waals surface area contributed by atoms with Crippen LogP contribution in [0.2, 0.25) is 0 Å². The number of carbonyl (C=O) groups is 1. The second kappa shape index (κ2) is 7.99. The number of hydrogen-bond donors (Lipinski definition) is 2. The van der Waals surface area contributed by atoms with Crippen LogP contribution < -0.4 is 10.6 Å². The maximum atomic E-state index is 12.2. The highest BCUT2D eigenvalue weighted by Crippen LogP contribution is 2.23. The molecule has 116 valence electrons. The van der Waals surface area contributed by atoms with Gasteiger partial charge in [-0.1, -0.05) is 6.92 Å². The Morgan fingerprint density at radius 3 is 2.65 bits per heavy atom. The van der Waals surface area contributed by atoms with E-state index in [1.807, 2.05) is 0 Å². The number of nitrogens with zero attached hydrogens (tertiary/aromatic N) is 1. The van der Waals surface area contributed by atoms with Gasteiger partial charge in [0.1, 0.15) is 0 Å². The van der Waals surface area contributed by atoms with E-state index >= 15 is 0 Å². The van der Waals surface area contributed by atoms with Crippen LogP contribution in [0.15, 0.2) is 0 Å². The minimum Gasteiger partial charge on any atom is -0.352 e. The van der Waals surface area contributed by atoms with Gasteiger partial charge in [-0.05, 0) is 71.0 Å². The highest BCUT2D eigenvalue weighted by atomic mass is 16.2. The number of hydrogen-bond acceptors (Lipinski definition) is 3. The van der Waals surface area contributed by atoms with E-state index in [2.05, 4.69) is 29.5 Å². The molecule has 1 aliphatic carbocycles. The summed E-state index contributed by atoms with van der Waals surface area (Å²) < 4.78 is 0. The predicted molar refractivity (Wildman–Crippen MR) is 82.7 cm³/mol. The molecule has 1 saturated carbocycles. The maximum Gasteiger partial charge on any atom is 0.234 e. The molecule has 2 N–H and O–H groups in total. The van der Waals surface area contributed by atoms with Crippen molar-refractivity contribution in [3.05, 3.63) is 0 Å². The molecule has 0 aromatic carbocycles. The summed E-state index contributed by atoms with van der Waals surface area (Å²) in [5.41, 5.74) is 0. The van der Waals surface area contributed by atoms with Gasteiger partial charge < -0.3 is 10.6 Å². The molecular formula is C16H31N3O. The Morgan fingerprint density at radius 1 is 1.15 bits per heavy atom. The van der Waals surface area contributed by atoms with E-state index < -0.39 is 0 Å². The first-order valence-corrected chi connectivity index (χ1v) is 8.35. The molecule has 1 amide bonds. The molecule has 2 rings (SSSR count). The van der Waals surface area contributed by atoms with Gasteiger partial charge in [0.05, 0.1) is 6.54 Å². The van der Waals surface area contributed by atoms with Crippen molar-refractivity contribution in [3.63, 3.8) is 0 Å². The molecule has 4 nitrogen and oxygen atoms in total. The summed E-state index contributed by atoms with van der Waals surface area (Å²) in [6.07, 6.45) is 8.41. The molecule has 1 atom stereocenters. The zero-order chi connectivity index (χ0) is 14.4. The second-order valence-electron chi connectivity index (χ2n) is 6.77. The van der Waals surface area contributed by atoms with Crippen LogP contribution in [0.5, 0.6) is 0 Å². The zero-order valence-corrected chi connectivity index (χ0v) is 13.2. The molecule has 1 aliphatic heterocycles. The number of likely N-dealkylation sites (N-methyl/N-ethyl adjacent to an activating group) is 1. The Bertz CT molecular complexity index is 292. The van der Waals surface area contributed by atoms with Crippen molar-refractivity contribution in [2.24, 2.45) is 5.92 Å². The molecule has 2 fully saturated rings. The Labute approximate surface area is 123 Å². The van der Waals surface area contributed by atoms with Gasteiger partial charge >= 0.3 is 0 Å². The average Bonchev–Trinajstić information content (AvgIpc) is 2.70. The number of nitrogens with one attached hydrogen (secondary N) is 2. The van der Waals surface area contributed by atoms with Gasteiger partial charge in [0.25, 0.3) is 0 Å². The lowest BCUT2D eigenvalue weighted by atomic mass is 9.87. The van der Waals surface area contributed by atoms with Crippen molar-refractivity contribution in [2.75, 3.05) is 26.7 Å². The molecule has 2 aliphatic rings. The average molecular weight is 281 g/mol. The lowest BCUT2D eigenvalue weighted by Gasteiger charge is -2.29. The summed E-state index contributed by atoms with van der Waals surface area (Å²) in [6, 6.07) is 0.977. The van der Waals surface area contributed by atoms with Gasteiger partial charge in [-0.2, -0.15) is 0 Å². The lowest BCUT2D eigenvalue weighted by molar-refractivity contribution is -0.123. The third kappa shape index (κ3) is 5.06. The summed E-state index contributed by atoms with van der Waals surface area (Å²) in [5.74, 6) is 1.05. The Morgan fingerprint density at radius 2 is 1.90 bits per heavy atom. The van der Waals surface area contributed by atoms with Crippen LogP contribution in [-0.2, 0) is 4.79 Å². The zero-order valence-electron chi connectivity index (χ0n) is 13.2. The molecule has 1 heterocycles. The molecule has 0 radical (unpaired) electrons. The Balaban J connectivity index is 1.70. The van der Waals surface area contributed by atoms with E-state index in [1.165, 1.54) is 25.7 Å². The van der Waals surface area contributed by atoms with E-state index in [1.54, 1.807) is 0 Å². The summed E-state index contributed by atoms with van der Waals surface area (Å²) in [6.45, 7) is 5.07. The largest absolute Gasteiger partial charge is 0.352 e. The molecule has 1 saturated heterocycles. The van der Waals surface area contributed by atoms with Crippen molar-refractivity contribution < 1.29 is 4.79 Å². The van der Waals surface area contributed by atoms with Crippen LogP contribution in [0.1, 0.15) is 51.9 Å². The smallest absolute Gasteiger partial charge is 0.234 e. The number of amides is 1. The fourth-order valence-corrected chi connectivity index (χ4v) is 3.47. The minimum atomic E-state index is 0.212. The highest BCUT2D eigenvalue weighted by molar-refractivity contribution is 5.78. The van der Waals surface area contributed by atoms with Gasteiger partial charge in [0.2, 0.25) is 5.91 Å². The highest BCUT2D eigenvalue weighted by Gasteiger charge is 2.22. The SMILES string of the molecule is CC1CCC(NC(=O)CN(C)C2CCCNCC2)CC1. The summed E-state index contributed by atoms with van der Waals surface area (Å²) in [5, 5.41) is 6.66. The van der Waals surface area contributed by atoms with Crippen LogP contribution in [0, 0.1) is 5.92 Å². The molecule has 1 unspecified atom stereocenters. The first-order chi connectivity index (χ1) is 9.65. The normalized spacial score (nSPS) is 31.9. The molecule has 4 heteroatoms. The fraction of sp³-hybridized carbons (Fsp3) is 0.938. The van der Waals surface area contributed by atoms with Crippen molar-refractivity contribution in [1.29, 1.82) is 0 Å². The first-order valence-electron chi connectivity index (χ1n) is 8.35. The van der Waals surface area contributed by atoms with Gasteiger partial charge in [0, 0.05) is 12.1 Å². The van der Waals surface area contributed by atoms with Gasteiger partial charge in [-0.3, -0.25) is 9.69 Å². The fourth-order valence-electron chi connectivity index (χ4n) is 3.47. The van der Waals surface area contributed by atoms with E-state index in [0.29, 0.717) is 18.6 Å². The molecule has 0 spiro atoms. The predicted octanol–water partition coefficient (Wildman–Crippen LogP) is 1.76. The minimum absolute atomic E-state index is 0.212. The van der Waals surface area contributed by atoms with E-state index in [9.17, 15) is 4.79 Å². The quantitative estimate of drug-likeness (QED) is 0.825. The number of carbonyl (C=O) groups excluding carboxylic acids is 1. The number of rotatable bonds is 4. The van der Waals surface area contributed by atoms with E-state index in [4.69, 9.17) is 0 Å². The van der Waals surface area contributed by atoms with Gasteiger partial charge in [-0.25, -0.2) is 0 Å². The molecule has 20 heavy (non-hydrogen) atoms. The Kier molecular flexibility index (Phi) is 6.30. The van der Waals surface area contributed by atoms with Gasteiger partial charge in [0.15, 0.2) is 0 Å². The topological polar surface area (TPSA) is 44.4 Å². The van der Waals surface area contributed by atoms with Crippen molar-refractivity contribution in [1.82, 2.24) is 15.5 Å².